The largest absolute Gasteiger partial charge is 0.383 e. The van der Waals surface area contributed by atoms with Crippen LogP contribution in [0.15, 0.2) is 44.4 Å². The molecule has 0 aliphatic heterocycles. The highest BCUT2D eigenvalue weighted by molar-refractivity contribution is 9.10. The van der Waals surface area contributed by atoms with Crippen LogP contribution in [-0.2, 0) is 11.3 Å². The lowest BCUT2D eigenvalue weighted by atomic mass is 10.2. The normalized spacial score (nSPS) is 11.1. The number of halogens is 1. The van der Waals surface area contributed by atoms with Gasteiger partial charge in [0, 0.05) is 23.6 Å². The fraction of sp³-hybridized carbons (Fsp3) is 0.316. The molecule has 1 aromatic carbocycles. The van der Waals surface area contributed by atoms with E-state index in [4.69, 9.17) is 5.73 Å². The first-order chi connectivity index (χ1) is 12.9. The van der Waals surface area contributed by atoms with Gasteiger partial charge in [-0.2, -0.15) is 0 Å². The standard InChI is InChI=1S/C19H23BrN4O3/c1-3-5-12-24-17(21)16(18(26)22-19(24)27)23(4-2)15(25)11-10-13-8-6-7-9-14(13)20/h6-11H,3-5,12,21H2,1-2H3,(H,22,26,27)/b11-10+. The highest BCUT2D eigenvalue weighted by atomic mass is 79.9. The molecule has 7 nitrogen and oxygen atoms in total. The zero-order chi connectivity index (χ0) is 20.0. The summed E-state index contributed by atoms with van der Waals surface area (Å²) in [7, 11) is 0. The van der Waals surface area contributed by atoms with Gasteiger partial charge in [0.25, 0.3) is 11.5 Å². The molecular formula is C19H23BrN4O3. The zero-order valence-corrected chi connectivity index (χ0v) is 17.0. The van der Waals surface area contributed by atoms with Gasteiger partial charge in [0.05, 0.1) is 0 Å². The van der Waals surface area contributed by atoms with Gasteiger partial charge < -0.3 is 10.6 Å². The van der Waals surface area contributed by atoms with Crippen molar-refractivity contribution in [2.45, 2.75) is 33.2 Å². The van der Waals surface area contributed by atoms with Crippen LogP contribution in [0.2, 0.25) is 0 Å². The minimum Gasteiger partial charge on any atom is -0.383 e. The minimum atomic E-state index is -0.672. The molecule has 1 heterocycles. The number of aromatic nitrogens is 2. The number of unbranched alkanes of at least 4 members (excludes halogenated alkanes) is 1. The number of nitrogens with two attached hydrogens (primary N) is 1. The Balaban J connectivity index is 2.42. The van der Waals surface area contributed by atoms with Crippen LogP contribution in [0, 0.1) is 0 Å². The summed E-state index contributed by atoms with van der Waals surface area (Å²) < 4.78 is 2.15. The van der Waals surface area contributed by atoms with E-state index >= 15 is 0 Å². The minimum absolute atomic E-state index is 0.00157. The van der Waals surface area contributed by atoms with Gasteiger partial charge in [-0.15, -0.1) is 0 Å². The second-order valence-corrected chi connectivity index (χ2v) is 6.79. The molecule has 8 heteroatoms. The third kappa shape index (κ3) is 4.77. The second kappa shape index (κ2) is 9.36. The van der Waals surface area contributed by atoms with Crippen molar-refractivity contribution >= 4 is 39.4 Å². The van der Waals surface area contributed by atoms with E-state index in [9.17, 15) is 14.4 Å². The van der Waals surface area contributed by atoms with Crippen molar-refractivity contribution in [2.75, 3.05) is 17.2 Å². The summed E-state index contributed by atoms with van der Waals surface area (Å²) in [5.41, 5.74) is 5.68. The first-order valence-electron chi connectivity index (χ1n) is 8.77. The number of rotatable bonds is 7. The summed E-state index contributed by atoms with van der Waals surface area (Å²) >= 11 is 3.42. The Bertz CT molecular complexity index is 962. The molecule has 0 aliphatic rings. The van der Waals surface area contributed by atoms with Crippen LogP contribution in [0.5, 0.6) is 0 Å². The molecule has 2 aromatic rings. The van der Waals surface area contributed by atoms with Crippen LogP contribution in [0.3, 0.4) is 0 Å². The van der Waals surface area contributed by atoms with E-state index in [-0.39, 0.29) is 18.1 Å². The third-order valence-corrected chi connectivity index (χ3v) is 4.83. The number of nitrogens with zero attached hydrogens (tertiary/aromatic N) is 2. The van der Waals surface area contributed by atoms with Crippen molar-refractivity contribution < 1.29 is 4.79 Å². The Hall–Kier alpha value is -2.61. The van der Waals surface area contributed by atoms with Crippen LogP contribution in [0.1, 0.15) is 32.3 Å². The maximum atomic E-state index is 12.7. The molecule has 2 rings (SSSR count). The lowest BCUT2D eigenvalue weighted by molar-refractivity contribution is -0.114. The van der Waals surface area contributed by atoms with Crippen molar-refractivity contribution in [3.8, 4) is 0 Å². The average molecular weight is 435 g/mol. The van der Waals surface area contributed by atoms with Gasteiger partial charge in [-0.05, 0) is 31.1 Å². The molecule has 0 spiro atoms. The SMILES string of the molecule is CCCCn1c(N)c(N(CC)C(=O)/C=C/c2ccccc2Br)c(=O)[nH]c1=O. The number of H-pyrrole nitrogens is 1. The number of hydrogen-bond acceptors (Lipinski definition) is 4. The van der Waals surface area contributed by atoms with Crippen LogP contribution >= 0.6 is 15.9 Å². The molecule has 3 N–H and O–H groups in total. The monoisotopic (exact) mass is 434 g/mol. The van der Waals surface area contributed by atoms with Gasteiger partial charge in [-0.25, -0.2) is 4.79 Å². The van der Waals surface area contributed by atoms with Crippen molar-refractivity contribution in [1.82, 2.24) is 9.55 Å². The molecule has 0 bridgehead atoms. The Labute approximate surface area is 165 Å². The van der Waals surface area contributed by atoms with Crippen LogP contribution in [-0.4, -0.2) is 22.0 Å². The van der Waals surface area contributed by atoms with E-state index in [1.807, 2.05) is 31.2 Å². The third-order valence-electron chi connectivity index (χ3n) is 4.11. The summed E-state index contributed by atoms with van der Waals surface area (Å²) in [6.45, 7) is 4.34. The molecule has 0 saturated carbocycles. The number of nitrogen functional groups attached to an aromatic ring is 1. The van der Waals surface area contributed by atoms with Gasteiger partial charge >= 0.3 is 5.69 Å². The predicted octanol–water partition coefficient (Wildman–Crippen LogP) is 2.75. The highest BCUT2D eigenvalue weighted by Gasteiger charge is 2.21. The topological polar surface area (TPSA) is 101 Å². The molecule has 27 heavy (non-hydrogen) atoms. The number of benzene rings is 1. The van der Waals surface area contributed by atoms with Gasteiger partial charge in [0.15, 0.2) is 5.69 Å². The fourth-order valence-electron chi connectivity index (χ4n) is 2.66. The molecule has 144 valence electrons. The number of hydrogen-bond donors (Lipinski definition) is 2. The summed E-state index contributed by atoms with van der Waals surface area (Å²) in [5, 5.41) is 0. The molecule has 1 amide bonds. The highest BCUT2D eigenvalue weighted by Crippen LogP contribution is 2.20. The molecule has 1 aromatic heterocycles. The fourth-order valence-corrected chi connectivity index (χ4v) is 3.08. The number of carbonyl (C=O) groups is 1. The number of nitrogens with one attached hydrogen (secondary N) is 1. The Morgan fingerprint density at radius 3 is 2.63 bits per heavy atom. The van der Waals surface area contributed by atoms with E-state index in [1.54, 1.807) is 13.0 Å². The Kier molecular flexibility index (Phi) is 7.18. The number of amides is 1. The summed E-state index contributed by atoms with van der Waals surface area (Å²) in [6.07, 6.45) is 4.64. The van der Waals surface area contributed by atoms with Gasteiger partial charge in [0.1, 0.15) is 5.82 Å². The molecule has 0 atom stereocenters. The van der Waals surface area contributed by atoms with Crippen molar-refractivity contribution in [3.63, 3.8) is 0 Å². The van der Waals surface area contributed by atoms with Gasteiger partial charge in [-0.3, -0.25) is 19.1 Å². The summed E-state index contributed by atoms with van der Waals surface area (Å²) in [5.74, 6) is -0.396. The van der Waals surface area contributed by atoms with E-state index in [1.165, 1.54) is 15.5 Å². The smallest absolute Gasteiger partial charge is 0.330 e. The van der Waals surface area contributed by atoms with Crippen molar-refractivity contribution in [2.24, 2.45) is 0 Å². The van der Waals surface area contributed by atoms with Crippen LogP contribution in [0.4, 0.5) is 11.5 Å². The quantitative estimate of drug-likeness (QED) is 0.653. The molecule has 0 aliphatic carbocycles. The van der Waals surface area contributed by atoms with E-state index in [2.05, 4.69) is 20.9 Å². The second-order valence-electron chi connectivity index (χ2n) is 5.94. The lowest BCUT2D eigenvalue weighted by Gasteiger charge is -2.22. The number of anilines is 2. The number of likely N-dealkylation sites (N-methyl/N-ethyl adjacent to an activating group) is 1. The molecule has 0 radical (unpaired) electrons. The first-order valence-corrected chi connectivity index (χ1v) is 9.56. The van der Waals surface area contributed by atoms with Crippen molar-refractivity contribution in [1.29, 1.82) is 0 Å². The van der Waals surface area contributed by atoms with Crippen LogP contribution < -0.4 is 21.9 Å². The van der Waals surface area contributed by atoms with Crippen molar-refractivity contribution in [3.05, 3.63) is 61.2 Å². The number of carbonyl (C=O) groups excluding carboxylic acids is 1. The maximum Gasteiger partial charge on any atom is 0.330 e. The zero-order valence-electron chi connectivity index (χ0n) is 15.4. The first kappa shape index (κ1) is 20.7. The predicted molar refractivity (Wildman–Crippen MR) is 112 cm³/mol. The van der Waals surface area contributed by atoms with E-state index in [0.29, 0.717) is 6.54 Å². The summed E-state index contributed by atoms with van der Waals surface area (Å²) in [6, 6.07) is 7.46. The van der Waals surface area contributed by atoms with Gasteiger partial charge in [0.2, 0.25) is 0 Å². The molecule has 0 unspecified atom stereocenters. The number of aromatic amines is 1. The Morgan fingerprint density at radius 2 is 2.00 bits per heavy atom. The lowest BCUT2D eigenvalue weighted by Crippen LogP contribution is -2.40. The van der Waals surface area contributed by atoms with Gasteiger partial charge in [-0.1, -0.05) is 47.5 Å². The van der Waals surface area contributed by atoms with Crippen LogP contribution in [0.25, 0.3) is 6.08 Å². The van der Waals surface area contributed by atoms with E-state index < -0.39 is 17.2 Å². The average Bonchev–Trinajstić information content (AvgIpc) is 2.64. The molecular weight excluding hydrogens is 412 g/mol. The molecule has 0 saturated heterocycles. The summed E-state index contributed by atoms with van der Waals surface area (Å²) in [4.78, 5) is 40.6. The maximum absolute atomic E-state index is 12.7. The Morgan fingerprint density at radius 1 is 1.30 bits per heavy atom. The molecule has 0 fully saturated rings. The van der Waals surface area contributed by atoms with E-state index in [0.717, 1.165) is 22.9 Å².